The van der Waals surface area contributed by atoms with E-state index in [0.29, 0.717) is 48.5 Å². The number of benzene rings is 2. The largest absolute Gasteiger partial charge is 0.490 e. The lowest BCUT2D eigenvalue weighted by Crippen LogP contribution is -2.54. The Morgan fingerprint density at radius 2 is 1.76 bits per heavy atom. The fourth-order valence-corrected chi connectivity index (χ4v) is 8.64. The average molecular weight is 822 g/mol. The number of primary amides is 1. The van der Waals surface area contributed by atoms with Gasteiger partial charge in [0.05, 0.1) is 29.2 Å². The van der Waals surface area contributed by atoms with Crippen LogP contribution in [0.15, 0.2) is 41.2 Å². The van der Waals surface area contributed by atoms with Crippen LogP contribution in [0.1, 0.15) is 87.8 Å². The Bertz CT molecular complexity index is 2120. The maximum Gasteiger partial charge on any atom is 0.409 e. The number of fused-ring (bicyclic) bond motifs is 2. The first kappa shape index (κ1) is 42.2. The minimum absolute atomic E-state index is 0.0302. The Labute approximate surface area is 341 Å². The summed E-state index contributed by atoms with van der Waals surface area (Å²) < 4.78 is 14.0. The molecule has 6 rings (SSSR count). The molecule has 2 aromatic carbocycles. The number of methoxy groups -OCH3 is 1. The lowest BCUT2D eigenvalue weighted by Gasteiger charge is -2.35. The van der Waals surface area contributed by atoms with Crippen LogP contribution in [0, 0.1) is 0 Å². The number of carbonyl (C=O) groups is 6. The SMILES string of the molecule is COC(=O)N1CCC(=O)N2[C@H](CC[C@H]2C(=O)N[C@@H](CCC(N)=O)COc2cccc(CCCCCc3ccc4c(c3)n(C)c(=O)n4C3CCC(=O)NC3=O)c2Cl)CC1. The van der Waals surface area contributed by atoms with E-state index in [1.54, 1.807) is 22.6 Å². The van der Waals surface area contributed by atoms with Crippen LogP contribution < -0.4 is 26.8 Å². The van der Waals surface area contributed by atoms with Crippen LogP contribution in [-0.4, -0.2) is 99.5 Å². The normalized spacial score (nSPS) is 20.3. The highest BCUT2D eigenvalue weighted by atomic mass is 35.5. The summed E-state index contributed by atoms with van der Waals surface area (Å²) in [5, 5.41) is 5.81. The molecule has 4 atom stereocenters. The van der Waals surface area contributed by atoms with Crippen LogP contribution in [0.3, 0.4) is 0 Å². The number of unbranched alkanes of at least 4 members (excludes halogenated alkanes) is 2. The van der Waals surface area contributed by atoms with E-state index in [4.69, 9.17) is 26.8 Å². The minimum Gasteiger partial charge on any atom is -0.490 e. The summed E-state index contributed by atoms with van der Waals surface area (Å²) in [6.07, 6.45) is 6.20. The number of rotatable bonds is 15. The quantitative estimate of drug-likeness (QED) is 0.152. The second-order valence-corrected chi connectivity index (χ2v) is 15.7. The molecule has 3 fully saturated rings. The smallest absolute Gasteiger partial charge is 0.409 e. The molecule has 3 aromatic rings. The number of carbonyl (C=O) groups excluding carboxylic acids is 6. The van der Waals surface area contributed by atoms with E-state index in [1.807, 2.05) is 30.3 Å². The predicted octanol–water partition coefficient (Wildman–Crippen LogP) is 3.28. The van der Waals surface area contributed by atoms with Gasteiger partial charge in [0.2, 0.25) is 29.5 Å². The minimum atomic E-state index is -0.725. The molecule has 3 aliphatic rings. The van der Waals surface area contributed by atoms with Gasteiger partial charge in [-0.15, -0.1) is 0 Å². The lowest BCUT2D eigenvalue weighted by atomic mass is 10.0. The van der Waals surface area contributed by atoms with E-state index in [2.05, 4.69) is 10.6 Å². The summed E-state index contributed by atoms with van der Waals surface area (Å²) in [4.78, 5) is 91.2. The fourth-order valence-electron chi connectivity index (χ4n) is 8.37. The van der Waals surface area contributed by atoms with Crippen LogP contribution in [0.25, 0.3) is 11.0 Å². The third-order valence-corrected chi connectivity index (χ3v) is 11.9. The van der Waals surface area contributed by atoms with Crippen molar-refractivity contribution in [2.24, 2.45) is 12.8 Å². The molecule has 58 heavy (non-hydrogen) atoms. The summed E-state index contributed by atoms with van der Waals surface area (Å²) >= 11 is 6.82. The number of nitrogens with zero attached hydrogens (tertiary/aromatic N) is 4. The molecule has 0 radical (unpaired) electrons. The highest BCUT2D eigenvalue weighted by molar-refractivity contribution is 6.32. The molecule has 3 aliphatic heterocycles. The highest BCUT2D eigenvalue weighted by Crippen LogP contribution is 2.32. The van der Waals surface area contributed by atoms with Crippen molar-refractivity contribution in [3.05, 3.63) is 63.0 Å². The van der Waals surface area contributed by atoms with Crippen molar-refractivity contribution in [1.82, 2.24) is 29.6 Å². The number of nitrogens with one attached hydrogen (secondary N) is 2. The maximum atomic E-state index is 13.7. The van der Waals surface area contributed by atoms with Crippen LogP contribution in [-0.2, 0) is 48.6 Å². The van der Waals surface area contributed by atoms with Crippen molar-refractivity contribution >= 4 is 58.3 Å². The molecule has 17 heteroatoms. The van der Waals surface area contributed by atoms with E-state index < -0.39 is 36.0 Å². The molecule has 16 nitrogen and oxygen atoms in total. The Balaban J connectivity index is 1.01. The number of ether oxygens (including phenoxy) is 2. The van der Waals surface area contributed by atoms with Crippen molar-refractivity contribution < 1.29 is 38.2 Å². The monoisotopic (exact) mass is 821 g/mol. The van der Waals surface area contributed by atoms with Crippen molar-refractivity contribution in [2.75, 3.05) is 26.8 Å². The van der Waals surface area contributed by atoms with Gasteiger partial charge in [-0.25, -0.2) is 9.59 Å². The third-order valence-electron chi connectivity index (χ3n) is 11.5. The van der Waals surface area contributed by atoms with Gasteiger partial charge in [0.15, 0.2) is 0 Å². The van der Waals surface area contributed by atoms with Crippen LogP contribution in [0.5, 0.6) is 5.75 Å². The maximum absolute atomic E-state index is 13.7. The standard InChI is InChI=1S/C41H52ClN7O9/c1-46-32-23-25(11-14-29(32)49(40(46)55)31-16-18-35(51)45-39(31)54)7-4-3-5-8-26-9-6-10-33(37(26)42)58-24-27(12-17-34(43)50)44-38(53)30-15-13-28-19-21-47(41(56)57-2)22-20-36(52)48(28)30/h6,9-11,14,23,27-28,30-31H,3-5,7-8,12-13,15-22,24H2,1-2H3,(H2,43,50)(H,44,53)(H,45,51,54)/t27-,28+,30-,31?/m0/s1. The molecule has 4 N–H and O–H groups in total. The van der Waals surface area contributed by atoms with Gasteiger partial charge in [-0.1, -0.05) is 36.2 Å². The molecular weight excluding hydrogens is 770 g/mol. The van der Waals surface area contributed by atoms with Crippen molar-refractivity contribution in [2.45, 2.75) is 108 Å². The molecule has 0 bridgehead atoms. The molecule has 1 aromatic heterocycles. The van der Waals surface area contributed by atoms with Crippen molar-refractivity contribution in [3.63, 3.8) is 0 Å². The second-order valence-electron chi connectivity index (χ2n) is 15.4. The van der Waals surface area contributed by atoms with Crippen molar-refractivity contribution in [3.8, 4) is 5.75 Å². The van der Waals surface area contributed by atoms with E-state index in [1.165, 1.54) is 16.6 Å². The van der Waals surface area contributed by atoms with Crippen LogP contribution in [0.2, 0.25) is 5.02 Å². The Morgan fingerprint density at radius 3 is 2.52 bits per heavy atom. The zero-order valence-electron chi connectivity index (χ0n) is 33.0. The second kappa shape index (κ2) is 18.9. The van der Waals surface area contributed by atoms with Crippen LogP contribution in [0.4, 0.5) is 4.79 Å². The molecule has 312 valence electrons. The number of piperidine rings is 1. The summed E-state index contributed by atoms with van der Waals surface area (Å²) in [7, 11) is 2.99. The van der Waals surface area contributed by atoms with E-state index >= 15 is 0 Å². The molecule has 0 saturated carbocycles. The summed E-state index contributed by atoms with van der Waals surface area (Å²) in [5.41, 5.74) is 8.54. The molecule has 1 unspecified atom stereocenters. The number of nitrogens with two attached hydrogens (primary N) is 1. The van der Waals surface area contributed by atoms with Gasteiger partial charge in [0, 0.05) is 45.4 Å². The summed E-state index contributed by atoms with van der Waals surface area (Å²) in [5.74, 6) is -1.36. The number of imide groups is 1. The molecule has 4 heterocycles. The number of aryl methyl sites for hydroxylation is 3. The summed E-state index contributed by atoms with van der Waals surface area (Å²) in [6.45, 7) is 0.677. The molecule has 6 amide bonds. The molecule has 0 spiro atoms. The van der Waals surface area contributed by atoms with Gasteiger partial charge in [-0.05, 0) is 87.1 Å². The first-order chi connectivity index (χ1) is 27.9. The number of amides is 6. The number of halogens is 1. The Hall–Kier alpha value is -5.38. The van der Waals surface area contributed by atoms with Gasteiger partial charge in [-0.2, -0.15) is 0 Å². The van der Waals surface area contributed by atoms with Gasteiger partial charge < -0.3 is 30.3 Å². The molecule has 0 aliphatic carbocycles. The number of imidazole rings is 1. The zero-order chi connectivity index (χ0) is 41.5. The van der Waals surface area contributed by atoms with Crippen LogP contribution >= 0.6 is 11.6 Å². The Morgan fingerprint density at radius 1 is 0.966 bits per heavy atom. The number of aromatic nitrogens is 2. The summed E-state index contributed by atoms with van der Waals surface area (Å²) in [6, 6.07) is 9.25. The molecular formula is C41H52ClN7O9. The van der Waals surface area contributed by atoms with Gasteiger partial charge >= 0.3 is 11.8 Å². The van der Waals surface area contributed by atoms with Gasteiger partial charge in [0.1, 0.15) is 24.4 Å². The topological polar surface area (TPSA) is 204 Å². The highest BCUT2D eigenvalue weighted by Gasteiger charge is 2.42. The molecule has 3 saturated heterocycles. The van der Waals surface area contributed by atoms with Crippen molar-refractivity contribution in [1.29, 1.82) is 0 Å². The lowest BCUT2D eigenvalue weighted by molar-refractivity contribution is -0.141. The van der Waals surface area contributed by atoms with E-state index in [0.717, 1.165) is 42.3 Å². The fraction of sp³-hybridized carbons (Fsp3) is 0.537. The van der Waals surface area contributed by atoms with E-state index in [9.17, 15) is 33.6 Å². The number of hydrogen-bond donors (Lipinski definition) is 3. The predicted molar refractivity (Wildman–Crippen MR) is 214 cm³/mol. The number of hydrogen-bond acceptors (Lipinski definition) is 9. The van der Waals surface area contributed by atoms with E-state index in [-0.39, 0.29) is 74.7 Å². The van der Waals surface area contributed by atoms with Gasteiger partial charge in [0.25, 0.3) is 0 Å². The van der Waals surface area contributed by atoms with Gasteiger partial charge in [-0.3, -0.25) is 38.4 Å². The average Bonchev–Trinajstić information content (AvgIpc) is 3.73. The third kappa shape index (κ3) is 9.65. The first-order valence-electron chi connectivity index (χ1n) is 20.0. The zero-order valence-corrected chi connectivity index (χ0v) is 33.8. The Kier molecular flexibility index (Phi) is 13.8. The first-order valence-corrected chi connectivity index (χ1v) is 20.4.